The molecule has 2 aromatic carbocycles. The van der Waals surface area contributed by atoms with Crippen LogP contribution in [0.3, 0.4) is 0 Å². The molecule has 4 N–H and O–H groups in total. The molecule has 14 heteroatoms. The molecule has 1 aliphatic heterocycles. The molecule has 12 nitrogen and oxygen atoms in total. The van der Waals surface area contributed by atoms with E-state index in [-0.39, 0.29) is 17.9 Å². The van der Waals surface area contributed by atoms with Crippen LogP contribution in [0.1, 0.15) is 43.2 Å². The topological polar surface area (TPSA) is 158 Å². The van der Waals surface area contributed by atoms with Crippen LogP contribution >= 0.6 is 23.2 Å². The molecule has 1 fully saturated rings. The van der Waals surface area contributed by atoms with Gasteiger partial charge in [0, 0.05) is 29.4 Å². The summed E-state index contributed by atoms with van der Waals surface area (Å²) in [6.07, 6.45) is 6.93. The van der Waals surface area contributed by atoms with Crippen molar-refractivity contribution < 1.29 is 19.8 Å². The van der Waals surface area contributed by atoms with Crippen LogP contribution in [0.4, 0.5) is 10.5 Å². The highest BCUT2D eigenvalue weighted by atomic mass is 35.5. The second-order valence-corrected chi connectivity index (χ2v) is 11.8. The number of rotatable bonds is 9. The lowest BCUT2D eigenvalue weighted by atomic mass is 9.83. The van der Waals surface area contributed by atoms with Crippen LogP contribution in [-0.4, -0.2) is 74.0 Å². The number of hydrogen-bond donors (Lipinski definition) is 4. The number of benzene rings is 2. The molecule has 1 aromatic heterocycles. The maximum Gasteiger partial charge on any atom is 0.411 e. The molecular formula is C29H32Cl2N8O4. The molecular weight excluding hydrogens is 595 g/mol. The van der Waals surface area contributed by atoms with Crippen LogP contribution in [0.2, 0.25) is 5.02 Å². The van der Waals surface area contributed by atoms with Gasteiger partial charge in [-0.1, -0.05) is 35.3 Å². The van der Waals surface area contributed by atoms with Gasteiger partial charge in [-0.3, -0.25) is 9.69 Å². The number of carboxylic acid groups (broad SMARTS) is 1. The lowest BCUT2D eigenvalue weighted by molar-refractivity contribution is -0.116. The smallest absolute Gasteiger partial charge is 0.411 e. The fraction of sp³-hybridized carbons (Fsp3) is 0.379. The normalized spacial score (nSPS) is 22.6. The van der Waals surface area contributed by atoms with Crippen molar-refractivity contribution in [2.45, 2.75) is 49.2 Å². The molecule has 3 aromatic rings. The molecule has 0 spiro atoms. The largest absolute Gasteiger partial charge is 0.465 e. The Bertz CT molecular complexity index is 1510. The van der Waals surface area contributed by atoms with E-state index in [4.69, 9.17) is 28.2 Å². The zero-order valence-electron chi connectivity index (χ0n) is 23.4. The van der Waals surface area contributed by atoms with Crippen molar-refractivity contribution in [3.63, 3.8) is 0 Å². The Morgan fingerprint density at radius 3 is 2.63 bits per heavy atom. The second-order valence-electron chi connectivity index (χ2n) is 10.8. The molecule has 1 unspecified atom stereocenters. The Morgan fingerprint density at radius 1 is 1.21 bits per heavy atom. The summed E-state index contributed by atoms with van der Waals surface area (Å²) in [7, 11) is 1.46. The van der Waals surface area contributed by atoms with E-state index in [1.807, 2.05) is 0 Å². The quantitative estimate of drug-likeness (QED) is 0.158. The van der Waals surface area contributed by atoms with Gasteiger partial charge in [0.2, 0.25) is 5.91 Å². The molecule has 0 saturated heterocycles. The Morgan fingerprint density at radius 2 is 1.95 bits per heavy atom. The molecule has 2 aliphatic rings. The molecule has 226 valence electrons. The fourth-order valence-corrected chi connectivity index (χ4v) is 5.84. The van der Waals surface area contributed by atoms with E-state index in [9.17, 15) is 19.8 Å². The lowest BCUT2D eigenvalue weighted by Gasteiger charge is -2.29. The summed E-state index contributed by atoms with van der Waals surface area (Å²) in [4.78, 5) is 29.4. The average molecular weight is 628 g/mol. The Labute approximate surface area is 258 Å². The van der Waals surface area contributed by atoms with Crippen LogP contribution in [0.25, 0.3) is 11.8 Å². The number of halogens is 2. The number of hydrogen-bond acceptors (Lipinski definition) is 8. The van der Waals surface area contributed by atoms with Crippen molar-refractivity contribution in [3.8, 4) is 5.69 Å². The number of alkyl halides is 1. The number of aliphatic hydroxyl groups is 1. The van der Waals surface area contributed by atoms with Gasteiger partial charge in [-0.05, 0) is 90.4 Å². The van der Waals surface area contributed by atoms with Crippen molar-refractivity contribution in [1.29, 1.82) is 0 Å². The monoisotopic (exact) mass is 626 g/mol. The van der Waals surface area contributed by atoms with E-state index in [1.54, 1.807) is 48.5 Å². The van der Waals surface area contributed by atoms with E-state index < -0.39 is 17.1 Å². The summed E-state index contributed by atoms with van der Waals surface area (Å²) in [6, 6.07) is 11.6. The summed E-state index contributed by atoms with van der Waals surface area (Å²) in [5, 5.41) is 37.4. The van der Waals surface area contributed by atoms with Crippen molar-refractivity contribution in [3.05, 3.63) is 71.0 Å². The molecule has 2 atom stereocenters. The van der Waals surface area contributed by atoms with Gasteiger partial charge in [0.1, 0.15) is 12.2 Å². The average Bonchev–Trinajstić information content (AvgIpc) is 3.68. The Hall–Kier alpha value is -4.00. The number of nitrogens with zero attached hydrogens (tertiary/aromatic N) is 6. The SMILES string of the molecule is CN(C(=O)O)c1ccc([C@]2(Cl)CNC(C(CC3CCC(O)CC3)NC(=O)C=Cc3cc(Cl)ccc3-n3cnnn3)=N2)cc1. The number of amidine groups is 1. The number of aromatic nitrogens is 4. The van der Waals surface area contributed by atoms with Crippen LogP contribution in [0, 0.1) is 5.92 Å². The third-order valence-corrected chi connectivity index (χ3v) is 8.49. The van der Waals surface area contributed by atoms with Crippen LogP contribution < -0.4 is 15.5 Å². The van der Waals surface area contributed by atoms with Crippen LogP contribution in [0.5, 0.6) is 0 Å². The number of amides is 2. The summed E-state index contributed by atoms with van der Waals surface area (Å²) in [5.41, 5.74) is 2.51. The summed E-state index contributed by atoms with van der Waals surface area (Å²) >= 11 is 13.2. The van der Waals surface area contributed by atoms with E-state index >= 15 is 0 Å². The maximum absolute atomic E-state index is 13.3. The van der Waals surface area contributed by atoms with Gasteiger partial charge in [-0.15, -0.1) is 5.10 Å². The van der Waals surface area contributed by atoms with E-state index in [0.29, 0.717) is 46.3 Å². The minimum Gasteiger partial charge on any atom is -0.465 e. The van der Waals surface area contributed by atoms with Crippen LogP contribution in [-0.2, 0) is 9.79 Å². The molecule has 43 heavy (non-hydrogen) atoms. The van der Waals surface area contributed by atoms with Crippen molar-refractivity contribution in [2.75, 3.05) is 18.5 Å². The molecule has 5 rings (SSSR count). The molecule has 1 saturated carbocycles. The standard InChI is InChI=1S/C29H32Cl2N8O4/c1-38(28(42)43)22-8-5-20(6-9-22)29(31)16-32-27(35-29)24(14-18-2-10-23(40)11-3-18)34-26(41)13-4-19-15-21(30)7-12-25(19)39-17-33-36-37-39/h4-9,12-13,15,17-18,23-24,40H,2-3,10-11,14,16H2,1H3,(H,32,35)(H,34,41)(H,42,43)/t18?,23?,24?,29-/m0/s1. The summed E-state index contributed by atoms with van der Waals surface area (Å²) in [6.45, 7) is 0.293. The van der Waals surface area contributed by atoms with Gasteiger partial charge in [-0.25, -0.2) is 9.79 Å². The fourth-order valence-electron chi connectivity index (χ4n) is 5.37. The van der Waals surface area contributed by atoms with E-state index in [2.05, 4.69) is 26.2 Å². The zero-order valence-corrected chi connectivity index (χ0v) is 24.9. The lowest BCUT2D eigenvalue weighted by Crippen LogP contribution is -2.46. The Kier molecular flexibility index (Phi) is 9.28. The Balaban J connectivity index is 1.36. The van der Waals surface area contributed by atoms with E-state index in [1.165, 1.54) is 24.1 Å². The molecule has 2 heterocycles. The van der Waals surface area contributed by atoms with Gasteiger partial charge in [0.15, 0.2) is 5.00 Å². The minimum absolute atomic E-state index is 0.290. The summed E-state index contributed by atoms with van der Waals surface area (Å²) in [5.74, 6) is 0.519. The van der Waals surface area contributed by atoms with Gasteiger partial charge < -0.3 is 20.8 Å². The number of tetrazole rings is 1. The van der Waals surface area contributed by atoms with Gasteiger partial charge in [-0.2, -0.15) is 4.68 Å². The van der Waals surface area contributed by atoms with Gasteiger partial charge >= 0.3 is 6.09 Å². The first-order valence-corrected chi connectivity index (χ1v) is 14.7. The number of aliphatic imine (C=N–C) groups is 1. The minimum atomic E-state index is -1.13. The zero-order chi connectivity index (χ0) is 30.6. The highest BCUT2D eigenvalue weighted by molar-refractivity contribution is 6.30. The van der Waals surface area contributed by atoms with Crippen molar-refractivity contribution >= 4 is 52.8 Å². The first kappa shape index (κ1) is 30.5. The highest BCUT2D eigenvalue weighted by Crippen LogP contribution is 2.36. The first-order chi connectivity index (χ1) is 20.6. The van der Waals surface area contributed by atoms with Gasteiger partial charge in [0.25, 0.3) is 0 Å². The number of nitrogens with one attached hydrogen (secondary N) is 2. The predicted molar refractivity (Wildman–Crippen MR) is 164 cm³/mol. The number of carbonyl (C=O) groups excluding carboxylic acids is 1. The number of anilines is 1. The molecule has 1 aliphatic carbocycles. The van der Waals surface area contributed by atoms with Crippen LogP contribution in [0.15, 0.2) is 59.9 Å². The third kappa shape index (κ3) is 7.32. The van der Waals surface area contributed by atoms with E-state index in [0.717, 1.165) is 30.6 Å². The number of carbonyl (C=O) groups is 2. The molecule has 0 radical (unpaired) electrons. The van der Waals surface area contributed by atoms with Crippen molar-refractivity contribution in [1.82, 2.24) is 30.8 Å². The highest BCUT2D eigenvalue weighted by Gasteiger charge is 2.38. The maximum atomic E-state index is 13.3. The first-order valence-electron chi connectivity index (χ1n) is 13.9. The number of aliphatic hydroxyl groups excluding tert-OH is 1. The third-order valence-electron chi connectivity index (χ3n) is 7.82. The summed E-state index contributed by atoms with van der Waals surface area (Å²) < 4.78 is 1.48. The molecule has 2 amide bonds. The van der Waals surface area contributed by atoms with Gasteiger partial charge in [0.05, 0.1) is 24.4 Å². The molecule has 0 bridgehead atoms. The predicted octanol–water partition coefficient (Wildman–Crippen LogP) is 3.96. The van der Waals surface area contributed by atoms with Crippen molar-refractivity contribution in [2.24, 2.45) is 10.9 Å². The second kappa shape index (κ2) is 13.1.